The van der Waals surface area contributed by atoms with E-state index < -0.39 is 11.6 Å². The maximum atomic E-state index is 13.3. The Morgan fingerprint density at radius 2 is 1.73 bits per heavy atom. The van der Waals surface area contributed by atoms with E-state index in [9.17, 15) is 14.4 Å². The second-order valence-corrected chi connectivity index (χ2v) is 8.44. The fourth-order valence-electron chi connectivity index (χ4n) is 5.19. The summed E-state index contributed by atoms with van der Waals surface area (Å²) in [7, 11) is 0. The normalized spacial score (nSPS) is 22.5. The Bertz CT molecular complexity index is 1050. The largest absolute Gasteiger partial charge is 0.325 e. The van der Waals surface area contributed by atoms with Gasteiger partial charge in [0.05, 0.1) is 0 Å². The van der Waals surface area contributed by atoms with Crippen LogP contribution >= 0.6 is 0 Å². The lowest BCUT2D eigenvalue weighted by Crippen LogP contribution is -2.47. The smallest absolute Gasteiger partial charge is 0.324 e. The van der Waals surface area contributed by atoms with Gasteiger partial charge in [-0.05, 0) is 73.3 Å². The van der Waals surface area contributed by atoms with Gasteiger partial charge in [-0.2, -0.15) is 0 Å². The van der Waals surface area contributed by atoms with Gasteiger partial charge in [0.2, 0.25) is 5.91 Å². The van der Waals surface area contributed by atoms with Gasteiger partial charge in [-0.3, -0.25) is 14.5 Å². The van der Waals surface area contributed by atoms with Crippen molar-refractivity contribution in [3.05, 3.63) is 64.7 Å². The summed E-state index contributed by atoms with van der Waals surface area (Å²) in [5.41, 5.74) is 4.13. The van der Waals surface area contributed by atoms with Gasteiger partial charge in [-0.1, -0.05) is 36.4 Å². The highest BCUT2D eigenvalue weighted by atomic mass is 16.2. The van der Waals surface area contributed by atoms with E-state index in [0.29, 0.717) is 6.42 Å². The van der Waals surface area contributed by atoms with Gasteiger partial charge < -0.3 is 10.6 Å². The zero-order chi connectivity index (χ0) is 20.7. The minimum atomic E-state index is -1.04. The number of aryl methyl sites for hydroxylation is 2. The molecule has 1 unspecified atom stereocenters. The van der Waals surface area contributed by atoms with Crippen LogP contribution in [0.2, 0.25) is 0 Å². The maximum Gasteiger partial charge on any atom is 0.325 e. The van der Waals surface area contributed by atoms with Crippen molar-refractivity contribution in [3.8, 4) is 0 Å². The minimum absolute atomic E-state index is 0.280. The quantitative estimate of drug-likeness (QED) is 0.772. The van der Waals surface area contributed by atoms with Crippen molar-refractivity contribution in [1.29, 1.82) is 0 Å². The summed E-state index contributed by atoms with van der Waals surface area (Å²) < 4.78 is 0. The third kappa shape index (κ3) is 2.98. The monoisotopic (exact) mass is 403 g/mol. The van der Waals surface area contributed by atoms with Crippen molar-refractivity contribution in [2.45, 2.75) is 50.5 Å². The second-order valence-electron chi connectivity index (χ2n) is 8.44. The molecule has 0 aromatic heterocycles. The van der Waals surface area contributed by atoms with Gasteiger partial charge in [0.15, 0.2) is 0 Å². The average molecular weight is 403 g/mol. The Morgan fingerprint density at radius 3 is 2.63 bits per heavy atom. The van der Waals surface area contributed by atoms with Gasteiger partial charge in [0, 0.05) is 5.69 Å². The number of amides is 4. The summed E-state index contributed by atoms with van der Waals surface area (Å²) in [4.78, 5) is 39.9. The summed E-state index contributed by atoms with van der Waals surface area (Å²) in [6.07, 6.45) is 6.49. The highest BCUT2D eigenvalue weighted by molar-refractivity contribution is 6.10. The molecule has 5 rings (SSSR count). The topological polar surface area (TPSA) is 78.5 Å². The average Bonchev–Trinajstić information content (AvgIpc) is 2.99. The molecule has 30 heavy (non-hydrogen) atoms. The van der Waals surface area contributed by atoms with Crippen molar-refractivity contribution in [2.75, 3.05) is 11.9 Å². The SMILES string of the molecule is O=C(CN1C(=O)NC2(CCCc3ccccc32)C1=O)Nc1cccc2c1CCCC2. The van der Waals surface area contributed by atoms with Gasteiger partial charge in [-0.25, -0.2) is 4.79 Å². The Labute approximate surface area is 175 Å². The number of anilines is 1. The lowest BCUT2D eigenvalue weighted by atomic mass is 9.76. The molecular weight excluding hydrogens is 378 g/mol. The van der Waals surface area contributed by atoms with Crippen molar-refractivity contribution in [3.63, 3.8) is 0 Å². The zero-order valence-electron chi connectivity index (χ0n) is 16.9. The summed E-state index contributed by atoms with van der Waals surface area (Å²) in [5.74, 6) is -0.677. The first-order chi connectivity index (χ1) is 14.6. The van der Waals surface area contributed by atoms with E-state index in [1.807, 2.05) is 36.4 Å². The van der Waals surface area contributed by atoms with E-state index >= 15 is 0 Å². The number of fused-ring (bicyclic) bond motifs is 3. The molecular formula is C24H25N3O3. The molecule has 3 aliphatic rings. The fraction of sp³-hybridized carbons (Fsp3) is 0.375. The van der Waals surface area contributed by atoms with Crippen LogP contribution in [0.1, 0.15) is 47.9 Å². The number of nitrogens with zero attached hydrogens (tertiary/aromatic N) is 1. The van der Waals surface area contributed by atoms with Crippen molar-refractivity contribution in [1.82, 2.24) is 10.2 Å². The number of hydrogen-bond acceptors (Lipinski definition) is 3. The van der Waals surface area contributed by atoms with E-state index in [4.69, 9.17) is 0 Å². The Kier molecular flexibility index (Phi) is 4.57. The van der Waals surface area contributed by atoms with Crippen LogP contribution in [-0.2, 0) is 34.4 Å². The van der Waals surface area contributed by atoms with E-state index in [2.05, 4.69) is 16.7 Å². The molecule has 0 bridgehead atoms. The van der Waals surface area contributed by atoms with Crippen LogP contribution in [0.3, 0.4) is 0 Å². The molecule has 0 radical (unpaired) electrons. The Morgan fingerprint density at radius 1 is 0.967 bits per heavy atom. The van der Waals surface area contributed by atoms with Crippen LogP contribution in [0.4, 0.5) is 10.5 Å². The molecule has 154 valence electrons. The molecule has 1 spiro atoms. The zero-order valence-corrected chi connectivity index (χ0v) is 16.9. The van der Waals surface area contributed by atoms with Gasteiger partial charge in [0.1, 0.15) is 12.1 Å². The van der Waals surface area contributed by atoms with Crippen molar-refractivity contribution >= 4 is 23.5 Å². The molecule has 0 saturated carbocycles. The maximum absolute atomic E-state index is 13.3. The first-order valence-electron chi connectivity index (χ1n) is 10.7. The van der Waals surface area contributed by atoms with Crippen molar-refractivity contribution in [2.24, 2.45) is 0 Å². The Hall–Kier alpha value is -3.15. The van der Waals surface area contributed by atoms with Crippen LogP contribution in [0.15, 0.2) is 42.5 Å². The minimum Gasteiger partial charge on any atom is -0.324 e. The predicted molar refractivity (Wildman–Crippen MR) is 113 cm³/mol. The summed E-state index contributed by atoms with van der Waals surface area (Å²) in [6.45, 7) is -0.280. The number of carbonyl (C=O) groups is 3. The van der Waals surface area contributed by atoms with E-state index in [-0.39, 0.29) is 18.4 Å². The number of hydrogen-bond donors (Lipinski definition) is 2. The molecule has 6 heteroatoms. The van der Waals surface area contributed by atoms with Crippen LogP contribution in [0.5, 0.6) is 0 Å². The number of nitrogens with one attached hydrogen (secondary N) is 2. The third-order valence-electron chi connectivity index (χ3n) is 6.62. The van der Waals surface area contributed by atoms with Gasteiger partial charge >= 0.3 is 6.03 Å². The molecule has 1 heterocycles. The molecule has 1 atom stereocenters. The fourth-order valence-corrected chi connectivity index (χ4v) is 5.19. The molecule has 2 aliphatic carbocycles. The third-order valence-corrected chi connectivity index (χ3v) is 6.62. The molecule has 2 N–H and O–H groups in total. The number of imide groups is 1. The first-order valence-corrected chi connectivity index (χ1v) is 10.7. The highest BCUT2D eigenvalue weighted by Gasteiger charge is 2.54. The van der Waals surface area contributed by atoms with E-state index in [0.717, 1.165) is 60.2 Å². The van der Waals surface area contributed by atoms with Crippen LogP contribution < -0.4 is 10.6 Å². The van der Waals surface area contributed by atoms with Crippen LogP contribution in [0.25, 0.3) is 0 Å². The molecule has 6 nitrogen and oxygen atoms in total. The molecule has 2 aromatic carbocycles. The molecule has 1 aliphatic heterocycles. The summed E-state index contributed by atoms with van der Waals surface area (Å²) in [5, 5.41) is 5.84. The summed E-state index contributed by atoms with van der Waals surface area (Å²) >= 11 is 0. The number of carbonyl (C=O) groups excluding carboxylic acids is 3. The first kappa shape index (κ1) is 18.9. The highest BCUT2D eigenvalue weighted by Crippen LogP contribution is 2.39. The Balaban J connectivity index is 1.36. The summed E-state index contributed by atoms with van der Waals surface area (Å²) in [6, 6.07) is 13.2. The molecule has 1 saturated heterocycles. The van der Waals surface area contributed by atoms with E-state index in [1.54, 1.807) is 0 Å². The molecule has 2 aromatic rings. The number of urea groups is 1. The number of rotatable bonds is 3. The van der Waals surface area contributed by atoms with Gasteiger partial charge in [-0.15, -0.1) is 0 Å². The van der Waals surface area contributed by atoms with E-state index in [1.165, 1.54) is 11.1 Å². The van der Waals surface area contributed by atoms with Crippen molar-refractivity contribution < 1.29 is 14.4 Å². The van der Waals surface area contributed by atoms with Crippen LogP contribution in [-0.4, -0.2) is 29.3 Å². The van der Waals surface area contributed by atoms with Gasteiger partial charge in [0.25, 0.3) is 5.91 Å². The standard InChI is InChI=1S/C24H25N3O3/c28-21(25-20-13-5-9-16-7-1-3-11-18(16)20)15-27-22(29)24(26-23(27)30)14-6-10-17-8-2-4-12-19(17)24/h2,4-5,8-9,12-13H,1,3,6-7,10-11,14-15H2,(H,25,28)(H,26,30). The number of benzene rings is 2. The lowest BCUT2D eigenvalue weighted by molar-refractivity contribution is -0.134. The second kappa shape index (κ2) is 7.27. The molecule has 4 amide bonds. The van der Waals surface area contributed by atoms with Crippen LogP contribution in [0, 0.1) is 0 Å². The molecule has 1 fully saturated rings. The lowest BCUT2D eigenvalue weighted by Gasteiger charge is -2.33. The predicted octanol–water partition coefficient (Wildman–Crippen LogP) is 3.29.